The highest BCUT2D eigenvalue weighted by atomic mass is 35.5. The molecule has 12 heteroatoms. The molecule has 1 aromatic carbocycles. The van der Waals surface area contributed by atoms with Gasteiger partial charge in [-0.2, -0.15) is 0 Å². The lowest BCUT2D eigenvalue weighted by Gasteiger charge is -2.15. The molecule has 0 fully saturated rings. The number of benzene rings is 1. The number of allylic oxidation sites excluding steroid dienone is 2. The summed E-state index contributed by atoms with van der Waals surface area (Å²) in [6.07, 6.45) is 0.299. The molecule has 0 saturated carbocycles. The SMILES string of the molecule is C=N/C=C(\C=C(/C)c1ncccn1)NS(=O)(=O)c1cc(Cl)ccc1OC(F)(F)F. The molecule has 0 bridgehead atoms. The monoisotopic (exact) mass is 446 g/mol. The Morgan fingerprint density at radius 2 is 1.97 bits per heavy atom. The number of ether oxygens (including phenoxy) is 1. The van der Waals surface area contributed by atoms with Gasteiger partial charge in [0, 0.05) is 17.4 Å². The second-order valence-electron chi connectivity index (χ2n) is 5.41. The van der Waals surface area contributed by atoms with E-state index < -0.39 is 27.0 Å². The quantitative estimate of drug-likeness (QED) is 0.513. The molecule has 154 valence electrons. The van der Waals surface area contributed by atoms with Crippen molar-refractivity contribution in [3.63, 3.8) is 0 Å². The highest BCUT2D eigenvalue weighted by molar-refractivity contribution is 7.89. The fraction of sp³-hybridized carbons (Fsp3) is 0.118. The summed E-state index contributed by atoms with van der Waals surface area (Å²) >= 11 is 5.76. The molecule has 2 rings (SSSR count). The van der Waals surface area contributed by atoms with E-state index in [2.05, 4.69) is 31.1 Å². The predicted octanol–water partition coefficient (Wildman–Crippen LogP) is 3.95. The summed E-state index contributed by atoms with van der Waals surface area (Å²) in [5.74, 6) is -0.627. The third-order valence-corrected chi connectivity index (χ3v) is 4.83. The zero-order valence-corrected chi connectivity index (χ0v) is 16.4. The fourth-order valence-corrected chi connectivity index (χ4v) is 3.53. The minimum absolute atomic E-state index is 0.0945. The summed E-state index contributed by atoms with van der Waals surface area (Å²) in [6, 6.07) is 4.31. The van der Waals surface area contributed by atoms with E-state index in [1.807, 2.05) is 0 Å². The standard InChI is InChI=1S/C17H14ClF3N4O3S/c1-11(16-23-6-3-7-24-16)8-13(10-22-2)25-29(26,27)15-9-12(18)4-5-14(15)28-17(19,20)21/h3-10,25H,2H2,1H3/b11-8+,13-10+. The van der Waals surface area contributed by atoms with Gasteiger partial charge in [0.15, 0.2) is 5.82 Å². The largest absolute Gasteiger partial charge is 0.573 e. The minimum Gasteiger partial charge on any atom is -0.404 e. The third-order valence-electron chi connectivity index (χ3n) is 3.19. The van der Waals surface area contributed by atoms with Crippen LogP contribution in [0.2, 0.25) is 5.02 Å². The molecule has 2 aromatic rings. The molecule has 7 nitrogen and oxygen atoms in total. The molecule has 0 aliphatic carbocycles. The number of rotatable bonds is 7. The van der Waals surface area contributed by atoms with E-state index in [1.54, 1.807) is 13.0 Å². The zero-order valence-electron chi connectivity index (χ0n) is 14.8. The molecule has 0 aliphatic rings. The highest BCUT2D eigenvalue weighted by Gasteiger charge is 2.34. The van der Waals surface area contributed by atoms with Crippen molar-refractivity contribution in [2.24, 2.45) is 4.99 Å². The topological polar surface area (TPSA) is 93.5 Å². The van der Waals surface area contributed by atoms with E-state index in [0.29, 0.717) is 11.4 Å². The van der Waals surface area contributed by atoms with Gasteiger partial charge in [-0.05, 0) is 49.6 Å². The van der Waals surface area contributed by atoms with Gasteiger partial charge in [-0.1, -0.05) is 11.6 Å². The van der Waals surface area contributed by atoms with Gasteiger partial charge in [-0.3, -0.25) is 9.71 Å². The van der Waals surface area contributed by atoms with E-state index >= 15 is 0 Å². The molecule has 0 amide bonds. The molecular weight excluding hydrogens is 433 g/mol. The van der Waals surface area contributed by atoms with Crippen LogP contribution in [0, 0.1) is 0 Å². The fourth-order valence-electron chi connectivity index (χ4n) is 2.10. The van der Waals surface area contributed by atoms with Crippen molar-refractivity contribution in [1.82, 2.24) is 14.7 Å². The highest BCUT2D eigenvalue weighted by Crippen LogP contribution is 2.32. The van der Waals surface area contributed by atoms with Crippen LogP contribution in [0.15, 0.2) is 64.5 Å². The molecule has 1 aromatic heterocycles. The first kappa shape index (κ1) is 22.4. The van der Waals surface area contributed by atoms with Crippen LogP contribution in [0.3, 0.4) is 0 Å². The van der Waals surface area contributed by atoms with Crippen LogP contribution in [0.25, 0.3) is 5.57 Å². The summed E-state index contributed by atoms with van der Waals surface area (Å²) in [5.41, 5.74) is 0.365. The lowest BCUT2D eigenvalue weighted by Crippen LogP contribution is -2.25. The molecular formula is C17H14ClF3N4O3S. The molecule has 29 heavy (non-hydrogen) atoms. The number of aliphatic imine (C=N–C) groups is 1. The number of nitrogens with one attached hydrogen (secondary N) is 1. The van der Waals surface area contributed by atoms with Crippen molar-refractivity contribution in [2.45, 2.75) is 18.2 Å². The summed E-state index contributed by atoms with van der Waals surface area (Å²) in [5, 5.41) is -0.100. The Balaban J connectivity index is 2.44. The third kappa shape index (κ3) is 6.57. The molecule has 0 atom stereocenters. The van der Waals surface area contributed by atoms with Gasteiger partial charge < -0.3 is 4.74 Å². The van der Waals surface area contributed by atoms with Crippen LogP contribution < -0.4 is 9.46 Å². The first-order valence-electron chi connectivity index (χ1n) is 7.71. The van der Waals surface area contributed by atoms with Gasteiger partial charge in [0.2, 0.25) is 0 Å². The maximum absolute atomic E-state index is 12.7. The van der Waals surface area contributed by atoms with Gasteiger partial charge in [-0.15, -0.1) is 13.2 Å². The second-order valence-corrected chi connectivity index (χ2v) is 7.50. The number of sulfonamides is 1. The van der Waals surface area contributed by atoms with Crippen LogP contribution in [0.4, 0.5) is 13.2 Å². The maximum Gasteiger partial charge on any atom is 0.573 e. The molecule has 1 heterocycles. The Morgan fingerprint density at radius 3 is 2.55 bits per heavy atom. The van der Waals surface area contributed by atoms with Crippen molar-refractivity contribution in [3.05, 3.63) is 65.5 Å². The normalized spacial score (nSPS) is 13.1. The summed E-state index contributed by atoms with van der Waals surface area (Å²) in [7, 11) is -4.54. The lowest BCUT2D eigenvalue weighted by molar-refractivity contribution is -0.275. The van der Waals surface area contributed by atoms with Gasteiger partial charge in [-0.25, -0.2) is 18.4 Å². The van der Waals surface area contributed by atoms with Crippen molar-refractivity contribution < 1.29 is 26.3 Å². The minimum atomic E-state index is -5.10. The second kappa shape index (κ2) is 9.05. The van der Waals surface area contributed by atoms with Gasteiger partial charge >= 0.3 is 6.36 Å². The summed E-state index contributed by atoms with van der Waals surface area (Å²) in [6.45, 7) is 4.86. The van der Waals surface area contributed by atoms with E-state index in [4.69, 9.17) is 11.6 Å². The van der Waals surface area contributed by atoms with E-state index in [9.17, 15) is 21.6 Å². The number of halogens is 4. The Hall–Kier alpha value is -2.92. The Labute approximate surface area is 169 Å². The number of nitrogens with zero attached hydrogens (tertiary/aromatic N) is 3. The van der Waals surface area contributed by atoms with E-state index in [1.165, 1.54) is 18.5 Å². The first-order chi connectivity index (χ1) is 13.5. The van der Waals surface area contributed by atoms with Crippen molar-refractivity contribution in [1.29, 1.82) is 0 Å². The summed E-state index contributed by atoms with van der Waals surface area (Å²) < 4.78 is 69.2. The zero-order chi connectivity index (χ0) is 21.7. The Bertz CT molecular complexity index is 1060. The van der Waals surface area contributed by atoms with Crippen molar-refractivity contribution in [3.8, 4) is 5.75 Å². The Kier molecular flexibility index (Phi) is 6.98. The molecule has 0 spiro atoms. The van der Waals surface area contributed by atoms with E-state index in [-0.39, 0.29) is 10.7 Å². The van der Waals surface area contributed by atoms with Gasteiger partial charge in [0.25, 0.3) is 10.0 Å². The number of alkyl halides is 3. The summed E-state index contributed by atoms with van der Waals surface area (Å²) in [4.78, 5) is 10.7. The lowest BCUT2D eigenvalue weighted by atomic mass is 10.2. The van der Waals surface area contributed by atoms with E-state index in [0.717, 1.165) is 24.4 Å². The van der Waals surface area contributed by atoms with Crippen LogP contribution in [-0.4, -0.2) is 31.5 Å². The first-order valence-corrected chi connectivity index (χ1v) is 9.58. The maximum atomic E-state index is 12.7. The van der Waals surface area contributed by atoms with Crippen LogP contribution >= 0.6 is 11.6 Å². The smallest absolute Gasteiger partial charge is 0.404 e. The number of hydrogen-bond acceptors (Lipinski definition) is 6. The molecule has 0 saturated heterocycles. The Morgan fingerprint density at radius 1 is 1.31 bits per heavy atom. The van der Waals surface area contributed by atoms with Crippen LogP contribution in [0.1, 0.15) is 12.7 Å². The van der Waals surface area contributed by atoms with Crippen molar-refractivity contribution in [2.75, 3.05) is 0 Å². The number of hydrogen-bond donors (Lipinski definition) is 1. The van der Waals surface area contributed by atoms with Crippen LogP contribution in [0.5, 0.6) is 5.75 Å². The van der Waals surface area contributed by atoms with Gasteiger partial charge in [0.05, 0.1) is 11.9 Å². The molecule has 0 aliphatic heterocycles. The predicted molar refractivity (Wildman–Crippen MR) is 102 cm³/mol. The average molecular weight is 447 g/mol. The van der Waals surface area contributed by atoms with Crippen LogP contribution in [-0.2, 0) is 10.0 Å². The number of aromatic nitrogens is 2. The van der Waals surface area contributed by atoms with Crippen molar-refractivity contribution >= 4 is 33.9 Å². The molecule has 0 radical (unpaired) electrons. The average Bonchev–Trinajstić information content (AvgIpc) is 2.62. The van der Waals surface area contributed by atoms with Gasteiger partial charge in [0.1, 0.15) is 10.6 Å². The molecule has 0 unspecified atom stereocenters. The molecule has 1 N–H and O–H groups in total.